The lowest BCUT2D eigenvalue weighted by molar-refractivity contribution is -0.163. The van der Waals surface area contributed by atoms with Gasteiger partial charge in [-0.05, 0) is 63.9 Å². The molecule has 8 nitrogen and oxygen atoms in total. The third-order valence-corrected chi connectivity index (χ3v) is 6.69. The Labute approximate surface area is 180 Å². The number of Topliss-reactive ketones (excluding diaryl/α,β-unsaturated/α-hetero) is 3. The van der Waals surface area contributed by atoms with Crippen LogP contribution in [0.2, 0.25) is 0 Å². The molecule has 0 heterocycles. The van der Waals surface area contributed by atoms with Crippen LogP contribution in [0, 0.1) is 18.8 Å². The van der Waals surface area contributed by atoms with Crippen LogP contribution in [0.15, 0.2) is 17.7 Å². The van der Waals surface area contributed by atoms with Crippen LogP contribution in [0.5, 0.6) is 5.75 Å². The van der Waals surface area contributed by atoms with E-state index in [1.54, 1.807) is 25.1 Å². The Balaban J connectivity index is 2.23. The summed E-state index contributed by atoms with van der Waals surface area (Å²) in [5.74, 6) is -4.55. The minimum absolute atomic E-state index is 0.112. The summed E-state index contributed by atoms with van der Waals surface area (Å²) in [6, 6.07) is 2.42. The number of ketones is 3. The Morgan fingerprint density at radius 1 is 1.26 bits per heavy atom. The SMILES string of the molecule is CC(=O)CC(=O)[C@@]1(O)C(=O)C2=C(O)c3c(O)ccc(C)c3C[C@H]2C[C@H]1[C@@H](CO)N(C)C. The number of fused-ring (bicyclic) bond motifs is 2. The molecule has 31 heavy (non-hydrogen) atoms. The third-order valence-electron chi connectivity index (χ3n) is 6.69. The van der Waals surface area contributed by atoms with Crippen molar-refractivity contribution in [2.75, 3.05) is 20.7 Å². The summed E-state index contributed by atoms with van der Waals surface area (Å²) in [5, 5.41) is 42.8. The normalized spacial score (nSPS) is 26.5. The van der Waals surface area contributed by atoms with Gasteiger partial charge >= 0.3 is 0 Å². The van der Waals surface area contributed by atoms with E-state index >= 15 is 0 Å². The molecule has 4 N–H and O–H groups in total. The number of nitrogens with zero attached hydrogens (tertiary/aromatic N) is 1. The van der Waals surface area contributed by atoms with Crippen LogP contribution >= 0.6 is 0 Å². The molecule has 0 saturated heterocycles. The summed E-state index contributed by atoms with van der Waals surface area (Å²) in [5.41, 5.74) is -1.02. The Bertz CT molecular complexity index is 980. The quantitative estimate of drug-likeness (QED) is 0.489. The van der Waals surface area contributed by atoms with Crippen molar-refractivity contribution in [3.8, 4) is 5.75 Å². The molecule has 1 saturated carbocycles. The van der Waals surface area contributed by atoms with Crippen molar-refractivity contribution in [2.45, 2.75) is 44.8 Å². The van der Waals surface area contributed by atoms with Gasteiger partial charge in [-0.15, -0.1) is 0 Å². The fourth-order valence-corrected chi connectivity index (χ4v) is 5.07. The van der Waals surface area contributed by atoms with E-state index in [9.17, 15) is 34.8 Å². The van der Waals surface area contributed by atoms with Crippen molar-refractivity contribution in [2.24, 2.45) is 11.8 Å². The van der Waals surface area contributed by atoms with Gasteiger partial charge in [-0.1, -0.05) is 6.07 Å². The fourth-order valence-electron chi connectivity index (χ4n) is 5.07. The molecule has 0 aromatic heterocycles. The summed E-state index contributed by atoms with van der Waals surface area (Å²) in [7, 11) is 3.34. The fraction of sp³-hybridized carbons (Fsp3) is 0.522. The van der Waals surface area contributed by atoms with Crippen molar-refractivity contribution in [3.63, 3.8) is 0 Å². The van der Waals surface area contributed by atoms with Crippen LogP contribution in [0.25, 0.3) is 5.76 Å². The first-order chi connectivity index (χ1) is 14.4. The summed E-state index contributed by atoms with van der Waals surface area (Å²) in [6.07, 6.45) is -0.160. The molecular weight excluding hydrogens is 402 g/mol. The molecule has 2 aliphatic carbocycles. The van der Waals surface area contributed by atoms with Crippen LogP contribution in [0.1, 0.15) is 36.5 Å². The van der Waals surface area contributed by atoms with Gasteiger partial charge in [0.25, 0.3) is 0 Å². The largest absolute Gasteiger partial charge is 0.507 e. The molecule has 0 radical (unpaired) electrons. The van der Waals surface area contributed by atoms with Crippen LogP contribution in [-0.2, 0) is 20.8 Å². The zero-order valence-electron chi connectivity index (χ0n) is 18.2. The number of phenolic OH excluding ortho intramolecular Hbond substituents is 1. The van der Waals surface area contributed by atoms with Gasteiger partial charge in [-0.3, -0.25) is 14.4 Å². The summed E-state index contributed by atoms with van der Waals surface area (Å²) < 4.78 is 0. The molecule has 168 valence electrons. The Kier molecular flexibility index (Phi) is 6.10. The van der Waals surface area contributed by atoms with Gasteiger partial charge in [-0.2, -0.15) is 0 Å². The number of aliphatic hydroxyl groups is 3. The molecular formula is C23H29NO7. The first kappa shape index (κ1) is 23.1. The molecule has 8 heteroatoms. The van der Waals surface area contributed by atoms with Crippen molar-refractivity contribution in [3.05, 3.63) is 34.4 Å². The Morgan fingerprint density at radius 2 is 1.90 bits per heavy atom. The second-order valence-electron chi connectivity index (χ2n) is 8.87. The molecule has 0 amide bonds. The first-order valence-electron chi connectivity index (χ1n) is 10.3. The zero-order valence-corrected chi connectivity index (χ0v) is 18.2. The number of aryl methyl sites for hydroxylation is 1. The van der Waals surface area contributed by atoms with E-state index in [0.29, 0.717) is 12.0 Å². The molecule has 1 aromatic rings. The Hall–Kier alpha value is -2.55. The maximum Gasteiger partial charge on any atom is 0.202 e. The maximum absolute atomic E-state index is 13.6. The number of rotatable bonds is 6. The van der Waals surface area contributed by atoms with Crippen LogP contribution in [0.4, 0.5) is 0 Å². The molecule has 3 rings (SSSR count). The number of hydrogen-bond donors (Lipinski definition) is 4. The molecule has 0 bridgehead atoms. The lowest BCUT2D eigenvalue weighted by atomic mass is 9.59. The highest BCUT2D eigenvalue weighted by Gasteiger charge is 2.59. The average molecular weight is 431 g/mol. The topological polar surface area (TPSA) is 135 Å². The van der Waals surface area contributed by atoms with Gasteiger partial charge in [0, 0.05) is 17.5 Å². The van der Waals surface area contributed by atoms with Crippen LogP contribution in [-0.4, -0.2) is 75.0 Å². The number of carbonyl (C=O) groups is 3. The monoisotopic (exact) mass is 431 g/mol. The predicted molar refractivity (Wildman–Crippen MR) is 113 cm³/mol. The Morgan fingerprint density at radius 3 is 2.45 bits per heavy atom. The first-order valence-corrected chi connectivity index (χ1v) is 10.3. The van der Waals surface area contributed by atoms with Gasteiger partial charge < -0.3 is 25.3 Å². The van der Waals surface area contributed by atoms with Crippen molar-refractivity contribution in [1.29, 1.82) is 0 Å². The van der Waals surface area contributed by atoms with Crippen LogP contribution in [0.3, 0.4) is 0 Å². The summed E-state index contributed by atoms with van der Waals surface area (Å²) in [4.78, 5) is 39.8. The molecule has 2 aliphatic rings. The predicted octanol–water partition coefficient (Wildman–Crippen LogP) is 0.933. The van der Waals surface area contributed by atoms with E-state index in [0.717, 1.165) is 5.56 Å². The smallest absolute Gasteiger partial charge is 0.202 e. The zero-order chi connectivity index (χ0) is 23.2. The molecule has 0 unspecified atom stereocenters. The number of likely N-dealkylation sites (N-methyl/N-ethyl adjacent to an activating group) is 1. The minimum atomic E-state index is -2.57. The van der Waals surface area contributed by atoms with Gasteiger partial charge in [0.2, 0.25) is 5.78 Å². The second-order valence-corrected chi connectivity index (χ2v) is 8.87. The molecule has 4 atom stereocenters. The lowest BCUT2D eigenvalue weighted by Crippen LogP contribution is -2.64. The number of hydrogen-bond acceptors (Lipinski definition) is 8. The van der Waals surface area contributed by atoms with E-state index in [1.807, 2.05) is 6.92 Å². The highest BCUT2D eigenvalue weighted by molar-refractivity contribution is 6.23. The van der Waals surface area contributed by atoms with Gasteiger partial charge in [0.15, 0.2) is 11.4 Å². The van der Waals surface area contributed by atoms with E-state index in [1.165, 1.54) is 13.0 Å². The minimum Gasteiger partial charge on any atom is -0.507 e. The maximum atomic E-state index is 13.6. The average Bonchev–Trinajstić information content (AvgIpc) is 2.67. The van der Waals surface area contributed by atoms with E-state index in [-0.39, 0.29) is 23.3 Å². The number of aromatic hydroxyl groups is 1. The number of aliphatic hydroxyl groups excluding tert-OH is 2. The second kappa shape index (κ2) is 8.18. The van der Waals surface area contributed by atoms with E-state index in [2.05, 4.69) is 0 Å². The third kappa shape index (κ3) is 3.58. The van der Waals surface area contributed by atoms with Crippen molar-refractivity contribution < 1.29 is 34.8 Å². The van der Waals surface area contributed by atoms with Crippen LogP contribution < -0.4 is 0 Å². The van der Waals surface area contributed by atoms with Gasteiger partial charge in [0.1, 0.15) is 17.3 Å². The van der Waals surface area contributed by atoms with E-state index < -0.39 is 59.6 Å². The molecule has 0 aliphatic heterocycles. The van der Waals surface area contributed by atoms with Crippen molar-refractivity contribution >= 4 is 23.1 Å². The molecule has 0 spiro atoms. The summed E-state index contributed by atoms with van der Waals surface area (Å²) >= 11 is 0. The van der Waals surface area contributed by atoms with Gasteiger partial charge in [0.05, 0.1) is 18.6 Å². The van der Waals surface area contributed by atoms with Gasteiger partial charge in [-0.25, -0.2) is 0 Å². The molecule has 1 fully saturated rings. The lowest BCUT2D eigenvalue weighted by Gasteiger charge is -2.47. The van der Waals surface area contributed by atoms with Crippen molar-refractivity contribution in [1.82, 2.24) is 4.90 Å². The highest BCUT2D eigenvalue weighted by atomic mass is 16.3. The number of benzene rings is 1. The molecule has 1 aromatic carbocycles. The van der Waals surface area contributed by atoms with E-state index in [4.69, 9.17) is 0 Å². The highest BCUT2D eigenvalue weighted by Crippen LogP contribution is 2.49. The number of carbonyl (C=O) groups excluding carboxylic acids is 3. The number of phenols is 1. The standard InChI is InChI=1S/C23H29NO7/c1-11-5-6-17(27)20-14(11)8-13-9-15(16(10-25)24(3)4)23(31,18(28)7-12(2)26)22(30)19(13)21(20)29/h5-6,13,15-16,25,27,29,31H,7-10H2,1-4H3/t13-,15-,16+,23+/m0/s1. The summed E-state index contributed by atoms with van der Waals surface area (Å²) in [6.45, 7) is 2.62.